The van der Waals surface area contributed by atoms with Crippen molar-refractivity contribution in [2.24, 2.45) is 7.05 Å². The van der Waals surface area contributed by atoms with Gasteiger partial charge in [0.1, 0.15) is 11.4 Å². The van der Waals surface area contributed by atoms with Crippen LogP contribution in [0.2, 0.25) is 0 Å². The van der Waals surface area contributed by atoms with Crippen molar-refractivity contribution < 1.29 is 14.3 Å². The molecule has 2 aromatic heterocycles. The van der Waals surface area contributed by atoms with Gasteiger partial charge in [-0.25, -0.2) is 4.68 Å². The lowest BCUT2D eigenvalue weighted by molar-refractivity contribution is -0.120. The fourth-order valence-corrected chi connectivity index (χ4v) is 3.71. The summed E-state index contributed by atoms with van der Waals surface area (Å²) in [6.45, 7) is 3.02. The van der Waals surface area contributed by atoms with E-state index in [4.69, 9.17) is 9.47 Å². The van der Waals surface area contributed by atoms with Crippen LogP contribution in [0, 0.1) is 0 Å². The molecule has 0 aliphatic carbocycles. The number of likely N-dealkylation sites (tertiary alicyclic amines) is 1. The van der Waals surface area contributed by atoms with E-state index >= 15 is 0 Å². The minimum Gasteiger partial charge on any atom is -0.378 e. The Kier molecular flexibility index (Phi) is 4.09. The topological polar surface area (TPSA) is 74.4 Å². The van der Waals surface area contributed by atoms with Gasteiger partial charge in [-0.05, 0) is 25.0 Å². The van der Waals surface area contributed by atoms with Crippen molar-refractivity contribution in [3.63, 3.8) is 0 Å². The zero-order valence-electron chi connectivity index (χ0n) is 14.6. The van der Waals surface area contributed by atoms with Gasteiger partial charge in [-0.3, -0.25) is 4.79 Å². The predicted octanol–water partition coefficient (Wildman–Crippen LogP) is 0.968. The number of hydrogen-bond donors (Lipinski definition) is 0. The fourth-order valence-electron chi connectivity index (χ4n) is 3.71. The van der Waals surface area contributed by atoms with E-state index in [-0.39, 0.29) is 11.5 Å². The minimum absolute atomic E-state index is 0.0852. The van der Waals surface area contributed by atoms with Crippen LogP contribution in [0.3, 0.4) is 0 Å². The quantitative estimate of drug-likeness (QED) is 0.829. The molecule has 2 aliphatic heterocycles. The number of methoxy groups -OCH3 is 1. The molecule has 8 nitrogen and oxygen atoms in total. The monoisotopic (exact) mass is 345 g/mol. The van der Waals surface area contributed by atoms with Gasteiger partial charge in [-0.1, -0.05) is 5.21 Å². The highest BCUT2D eigenvalue weighted by molar-refractivity contribution is 5.92. The third kappa shape index (κ3) is 2.85. The van der Waals surface area contributed by atoms with Crippen molar-refractivity contribution >= 4 is 5.91 Å². The van der Waals surface area contributed by atoms with E-state index < -0.39 is 0 Å². The highest BCUT2D eigenvalue weighted by Gasteiger charge is 2.41. The number of amides is 1. The Labute approximate surface area is 146 Å². The van der Waals surface area contributed by atoms with Crippen LogP contribution < -0.4 is 0 Å². The third-order valence-electron chi connectivity index (χ3n) is 5.28. The maximum Gasteiger partial charge on any atom is 0.270 e. The second-order valence-electron chi connectivity index (χ2n) is 6.84. The van der Waals surface area contributed by atoms with Crippen molar-refractivity contribution in [3.8, 4) is 0 Å². The van der Waals surface area contributed by atoms with Gasteiger partial charge >= 0.3 is 0 Å². The number of rotatable bonds is 3. The number of ether oxygens (including phenoxy) is 2. The van der Waals surface area contributed by atoms with E-state index in [2.05, 4.69) is 10.3 Å². The minimum atomic E-state index is -0.254. The van der Waals surface area contributed by atoms with Crippen molar-refractivity contribution in [1.82, 2.24) is 24.5 Å². The van der Waals surface area contributed by atoms with Crippen molar-refractivity contribution in [3.05, 3.63) is 35.4 Å². The van der Waals surface area contributed by atoms with Crippen LogP contribution in [0.5, 0.6) is 0 Å². The molecule has 1 saturated heterocycles. The van der Waals surface area contributed by atoms with Crippen LogP contribution in [-0.4, -0.2) is 56.2 Å². The third-order valence-corrected chi connectivity index (χ3v) is 5.28. The molecule has 8 heteroatoms. The van der Waals surface area contributed by atoms with E-state index in [1.54, 1.807) is 7.11 Å². The fraction of sp³-hybridized carbons (Fsp3) is 0.588. The van der Waals surface area contributed by atoms with Crippen LogP contribution in [0.1, 0.15) is 34.7 Å². The molecule has 4 heterocycles. The van der Waals surface area contributed by atoms with Crippen molar-refractivity contribution in [2.75, 3.05) is 20.2 Å². The van der Waals surface area contributed by atoms with Gasteiger partial charge in [-0.15, -0.1) is 5.10 Å². The summed E-state index contributed by atoms with van der Waals surface area (Å²) in [5.41, 5.74) is 2.31. The number of aryl methyl sites for hydroxylation is 1. The van der Waals surface area contributed by atoms with E-state index in [0.717, 1.165) is 29.9 Å². The lowest BCUT2D eigenvalue weighted by Gasteiger charge is -2.43. The van der Waals surface area contributed by atoms with Crippen LogP contribution in [-0.2, 0) is 36.3 Å². The Balaban J connectivity index is 1.43. The smallest absolute Gasteiger partial charge is 0.270 e. The van der Waals surface area contributed by atoms with Gasteiger partial charge in [0.05, 0.1) is 31.1 Å². The summed E-state index contributed by atoms with van der Waals surface area (Å²) in [5, 5.41) is 8.45. The Morgan fingerprint density at radius 2 is 2.20 bits per heavy atom. The molecule has 0 atom stereocenters. The zero-order chi connectivity index (χ0) is 17.4. The average molecular weight is 345 g/mol. The van der Waals surface area contributed by atoms with Crippen LogP contribution in [0.4, 0.5) is 0 Å². The molecule has 25 heavy (non-hydrogen) atoms. The molecule has 2 aromatic rings. The average Bonchev–Trinajstić information content (AvgIpc) is 3.21. The van der Waals surface area contributed by atoms with Gasteiger partial charge in [0.25, 0.3) is 5.91 Å². The lowest BCUT2D eigenvalue weighted by atomic mass is 9.89. The van der Waals surface area contributed by atoms with Gasteiger partial charge in [-0.2, -0.15) is 0 Å². The normalized spacial score (nSPS) is 19.2. The highest BCUT2D eigenvalue weighted by Crippen LogP contribution is 2.33. The van der Waals surface area contributed by atoms with Crippen molar-refractivity contribution in [2.45, 2.75) is 38.2 Å². The molecule has 0 radical (unpaired) electrons. The number of nitrogens with zero attached hydrogens (tertiary/aromatic N) is 5. The molecule has 0 saturated carbocycles. The summed E-state index contributed by atoms with van der Waals surface area (Å²) in [4.78, 5) is 14.6. The standard InChI is InChI=1S/C17H23N5O3/c1-20-7-3-4-14(20)16(23)21-8-5-17(6-9-21)12-22-15(11-25-17)13(10-24-2)18-19-22/h3-4,7H,5-6,8-12H2,1-2H3. The Morgan fingerprint density at radius 1 is 1.40 bits per heavy atom. The predicted molar refractivity (Wildman–Crippen MR) is 88.8 cm³/mol. The molecule has 0 aromatic carbocycles. The highest BCUT2D eigenvalue weighted by atomic mass is 16.5. The lowest BCUT2D eigenvalue weighted by Crippen LogP contribution is -2.52. The van der Waals surface area contributed by atoms with Gasteiger partial charge in [0.2, 0.25) is 0 Å². The first-order valence-electron chi connectivity index (χ1n) is 8.57. The van der Waals surface area contributed by atoms with E-state index in [1.807, 2.05) is 39.5 Å². The zero-order valence-corrected chi connectivity index (χ0v) is 14.6. The molecule has 1 fully saturated rings. The SMILES string of the molecule is COCc1nnn2c1COC1(CCN(C(=O)c3cccn3C)CC1)C2. The molecule has 1 spiro atoms. The molecule has 2 aliphatic rings. The molecule has 0 unspecified atom stereocenters. The molecule has 4 rings (SSSR count). The van der Waals surface area contributed by atoms with Crippen LogP contribution >= 0.6 is 0 Å². The summed E-state index contributed by atoms with van der Waals surface area (Å²) in [5.74, 6) is 0.0852. The number of aromatic nitrogens is 4. The van der Waals surface area contributed by atoms with Gasteiger partial charge < -0.3 is 18.9 Å². The van der Waals surface area contributed by atoms with Crippen LogP contribution in [0.25, 0.3) is 0 Å². The summed E-state index contributed by atoms with van der Waals surface area (Å²) >= 11 is 0. The summed E-state index contributed by atoms with van der Waals surface area (Å²) in [7, 11) is 3.54. The van der Waals surface area contributed by atoms with E-state index in [9.17, 15) is 4.79 Å². The number of carbonyl (C=O) groups is 1. The number of piperidine rings is 1. The Morgan fingerprint density at radius 3 is 2.88 bits per heavy atom. The number of fused-ring (bicyclic) bond motifs is 1. The first-order valence-corrected chi connectivity index (χ1v) is 8.57. The van der Waals surface area contributed by atoms with Crippen LogP contribution in [0.15, 0.2) is 18.3 Å². The molecule has 1 amide bonds. The number of hydrogen-bond acceptors (Lipinski definition) is 5. The second kappa shape index (κ2) is 6.27. The maximum absolute atomic E-state index is 12.6. The Bertz CT molecular complexity index is 773. The number of carbonyl (C=O) groups excluding carboxylic acids is 1. The van der Waals surface area contributed by atoms with Crippen molar-refractivity contribution in [1.29, 1.82) is 0 Å². The molecule has 134 valence electrons. The summed E-state index contributed by atoms with van der Waals surface area (Å²) in [6.07, 6.45) is 3.51. The van der Waals surface area contributed by atoms with Gasteiger partial charge in [0.15, 0.2) is 0 Å². The second-order valence-corrected chi connectivity index (χ2v) is 6.84. The molecule has 0 N–H and O–H groups in total. The van der Waals surface area contributed by atoms with E-state index in [0.29, 0.717) is 32.8 Å². The largest absolute Gasteiger partial charge is 0.378 e. The first-order chi connectivity index (χ1) is 12.1. The van der Waals surface area contributed by atoms with E-state index in [1.165, 1.54) is 0 Å². The maximum atomic E-state index is 12.6. The molecule has 0 bridgehead atoms. The molecular formula is C17H23N5O3. The van der Waals surface area contributed by atoms with Gasteiger partial charge in [0, 0.05) is 33.4 Å². The summed E-state index contributed by atoms with van der Waals surface area (Å²) < 4.78 is 15.2. The first kappa shape index (κ1) is 16.3. The Hall–Kier alpha value is -2.19. The molecular weight excluding hydrogens is 322 g/mol. The summed E-state index contributed by atoms with van der Waals surface area (Å²) in [6, 6.07) is 3.76.